The number of benzene rings is 2. The molecule has 1 aliphatic carbocycles. The van der Waals surface area contributed by atoms with Crippen LogP contribution in [0.1, 0.15) is 52.0 Å². The van der Waals surface area contributed by atoms with Crippen LogP contribution in [0.5, 0.6) is 0 Å². The molecule has 1 fully saturated rings. The number of nitrogens with one attached hydrogen (secondary N) is 3. The molecule has 3 rings (SSSR count). The van der Waals surface area contributed by atoms with Crippen molar-refractivity contribution in [3.05, 3.63) is 65.2 Å². The Labute approximate surface area is 212 Å². The Bertz CT molecular complexity index is 1120. The Morgan fingerprint density at radius 1 is 0.811 bits per heavy atom. The van der Waals surface area contributed by atoms with Crippen LogP contribution in [-0.4, -0.2) is 41.9 Å². The number of amides is 3. The third kappa shape index (κ3) is 8.69. The van der Waals surface area contributed by atoms with Crippen molar-refractivity contribution in [2.75, 3.05) is 6.54 Å². The second-order valence-electron chi connectivity index (χ2n) is 8.37. The van der Waals surface area contributed by atoms with Crippen LogP contribution < -0.4 is 16.0 Å². The standard InChI is InChI=1S/C24H23F6N3O3S/c25-23(26,27)16-5-3-4-15(12-16)21(35)31-13-20(34)32-18-6-1-2-7-19(18)33-22(36)14-8-10-17(11-9-14)37-24(28,29)30/h3-5,8-12,18-19H,1-2,6-7,13H2,(H,31,35)(H,32,34)(H,33,36)/t18-,19+/m1/s1. The van der Waals surface area contributed by atoms with Gasteiger partial charge < -0.3 is 16.0 Å². The molecule has 0 spiro atoms. The normalized spacial score (nSPS) is 18.1. The lowest BCUT2D eigenvalue weighted by Gasteiger charge is -2.33. The molecule has 0 heterocycles. The molecule has 6 nitrogen and oxygen atoms in total. The van der Waals surface area contributed by atoms with Gasteiger partial charge in [0, 0.05) is 28.1 Å². The Morgan fingerprint density at radius 3 is 2.03 bits per heavy atom. The van der Waals surface area contributed by atoms with E-state index in [9.17, 15) is 40.7 Å². The monoisotopic (exact) mass is 547 g/mol. The summed E-state index contributed by atoms with van der Waals surface area (Å²) in [4.78, 5) is 37.2. The van der Waals surface area contributed by atoms with Crippen LogP contribution in [0.15, 0.2) is 53.4 Å². The maximum absolute atomic E-state index is 12.9. The van der Waals surface area contributed by atoms with E-state index < -0.39 is 53.6 Å². The van der Waals surface area contributed by atoms with Gasteiger partial charge in [-0.3, -0.25) is 14.4 Å². The van der Waals surface area contributed by atoms with Gasteiger partial charge >= 0.3 is 11.7 Å². The van der Waals surface area contributed by atoms with Gasteiger partial charge in [0.1, 0.15) is 0 Å². The first kappa shape index (κ1) is 28.4. The lowest BCUT2D eigenvalue weighted by molar-refractivity contribution is -0.137. The van der Waals surface area contributed by atoms with E-state index in [-0.39, 0.29) is 27.8 Å². The Morgan fingerprint density at radius 2 is 1.43 bits per heavy atom. The number of alkyl halides is 6. The van der Waals surface area contributed by atoms with Crippen LogP contribution in [0.25, 0.3) is 0 Å². The van der Waals surface area contributed by atoms with Crippen LogP contribution in [0.4, 0.5) is 26.3 Å². The molecule has 2 atom stereocenters. The summed E-state index contributed by atoms with van der Waals surface area (Å²) >= 11 is -0.288. The molecule has 0 radical (unpaired) electrons. The SMILES string of the molecule is O=C(CNC(=O)c1cccc(C(F)(F)F)c1)N[C@@H]1CCCC[C@@H]1NC(=O)c1ccc(SC(F)(F)F)cc1. The molecule has 1 saturated carbocycles. The lowest BCUT2D eigenvalue weighted by atomic mass is 9.90. The molecule has 0 aromatic heterocycles. The molecule has 1 aliphatic rings. The van der Waals surface area contributed by atoms with Crippen molar-refractivity contribution >= 4 is 29.5 Å². The van der Waals surface area contributed by atoms with E-state index in [2.05, 4.69) is 16.0 Å². The Kier molecular flexibility index (Phi) is 9.11. The number of hydrogen-bond acceptors (Lipinski definition) is 4. The molecular formula is C24H23F6N3O3S. The average Bonchev–Trinajstić information content (AvgIpc) is 2.82. The molecule has 0 saturated heterocycles. The zero-order valence-electron chi connectivity index (χ0n) is 19.2. The Hall–Kier alpha value is -3.22. The fourth-order valence-corrected chi connectivity index (χ4v) is 4.43. The van der Waals surface area contributed by atoms with Gasteiger partial charge in [-0.15, -0.1) is 0 Å². The smallest absolute Gasteiger partial charge is 0.350 e. The van der Waals surface area contributed by atoms with Crippen molar-refractivity contribution in [1.29, 1.82) is 0 Å². The van der Waals surface area contributed by atoms with Crippen molar-refractivity contribution < 1.29 is 40.7 Å². The van der Waals surface area contributed by atoms with Crippen LogP contribution in [-0.2, 0) is 11.0 Å². The van der Waals surface area contributed by atoms with E-state index >= 15 is 0 Å². The highest BCUT2D eigenvalue weighted by Crippen LogP contribution is 2.36. The summed E-state index contributed by atoms with van der Waals surface area (Å²) < 4.78 is 76.0. The Balaban J connectivity index is 1.54. The molecule has 3 N–H and O–H groups in total. The predicted octanol–water partition coefficient (Wildman–Crippen LogP) is 4.90. The van der Waals surface area contributed by atoms with E-state index in [1.54, 1.807) is 0 Å². The minimum Gasteiger partial charge on any atom is -0.350 e. The zero-order valence-corrected chi connectivity index (χ0v) is 20.0. The second-order valence-corrected chi connectivity index (χ2v) is 9.51. The van der Waals surface area contributed by atoms with Crippen molar-refractivity contribution in [2.45, 2.75) is 54.3 Å². The third-order valence-electron chi connectivity index (χ3n) is 5.64. The first-order valence-corrected chi connectivity index (χ1v) is 12.0. The minimum atomic E-state index is -4.61. The first-order chi connectivity index (χ1) is 17.3. The molecular weight excluding hydrogens is 524 g/mol. The summed E-state index contributed by atoms with van der Waals surface area (Å²) in [7, 11) is 0. The molecule has 13 heteroatoms. The van der Waals surface area contributed by atoms with Crippen molar-refractivity contribution in [3.63, 3.8) is 0 Å². The number of carbonyl (C=O) groups is 3. The number of carbonyl (C=O) groups excluding carboxylic acids is 3. The number of thioether (sulfide) groups is 1. The molecule has 200 valence electrons. The first-order valence-electron chi connectivity index (χ1n) is 11.2. The van der Waals surface area contributed by atoms with Gasteiger partial charge in [0.25, 0.3) is 11.8 Å². The maximum atomic E-state index is 12.9. The quantitative estimate of drug-likeness (QED) is 0.340. The van der Waals surface area contributed by atoms with E-state index in [1.807, 2.05) is 0 Å². The lowest BCUT2D eigenvalue weighted by Crippen LogP contribution is -2.54. The summed E-state index contributed by atoms with van der Waals surface area (Å²) in [5.74, 6) is -1.94. The van der Waals surface area contributed by atoms with Gasteiger partial charge in [0.05, 0.1) is 12.1 Å². The molecule has 2 aromatic rings. The summed E-state index contributed by atoms with van der Waals surface area (Å²) in [6.45, 7) is -0.482. The van der Waals surface area contributed by atoms with E-state index in [0.717, 1.165) is 25.0 Å². The summed E-state index contributed by atoms with van der Waals surface area (Å²) in [6.07, 6.45) is -1.96. The molecule has 37 heavy (non-hydrogen) atoms. The van der Waals surface area contributed by atoms with Gasteiger partial charge in [-0.1, -0.05) is 18.9 Å². The van der Waals surface area contributed by atoms with Crippen LogP contribution in [0, 0.1) is 0 Å². The van der Waals surface area contributed by atoms with Crippen molar-refractivity contribution in [3.8, 4) is 0 Å². The number of halogens is 6. The highest BCUT2D eigenvalue weighted by Gasteiger charge is 2.32. The summed E-state index contributed by atoms with van der Waals surface area (Å²) in [5.41, 5.74) is -5.51. The summed E-state index contributed by atoms with van der Waals surface area (Å²) in [6, 6.07) is 7.85. The topological polar surface area (TPSA) is 87.3 Å². The van der Waals surface area contributed by atoms with Crippen molar-refractivity contribution in [1.82, 2.24) is 16.0 Å². The maximum Gasteiger partial charge on any atom is 0.446 e. The van der Waals surface area contributed by atoms with E-state index in [1.165, 1.54) is 30.3 Å². The molecule has 0 aliphatic heterocycles. The zero-order chi connectivity index (χ0) is 27.2. The van der Waals surface area contributed by atoms with Gasteiger partial charge in [0.2, 0.25) is 5.91 Å². The van der Waals surface area contributed by atoms with Gasteiger partial charge in [-0.2, -0.15) is 26.3 Å². The highest BCUT2D eigenvalue weighted by molar-refractivity contribution is 8.00. The third-order valence-corrected chi connectivity index (χ3v) is 6.38. The predicted molar refractivity (Wildman–Crippen MR) is 124 cm³/mol. The molecule has 0 unspecified atom stereocenters. The van der Waals surface area contributed by atoms with Crippen LogP contribution >= 0.6 is 11.8 Å². The van der Waals surface area contributed by atoms with Crippen LogP contribution in [0.3, 0.4) is 0 Å². The number of rotatable bonds is 7. The second kappa shape index (κ2) is 11.9. The van der Waals surface area contributed by atoms with Gasteiger partial charge in [-0.05, 0) is 67.1 Å². The fourth-order valence-electron chi connectivity index (χ4n) is 3.89. The van der Waals surface area contributed by atoms with Crippen LogP contribution in [0.2, 0.25) is 0 Å². The van der Waals surface area contributed by atoms with E-state index in [4.69, 9.17) is 0 Å². The average molecular weight is 548 g/mol. The molecule has 2 aromatic carbocycles. The van der Waals surface area contributed by atoms with E-state index in [0.29, 0.717) is 18.9 Å². The highest BCUT2D eigenvalue weighted by atomic mass is 32.2. The summed E-state index contributed by atoms with van der Waals surface area (Å²) in [5, 5.41) is 7.80. The fraction of sp³-hybridized carbons (Fsp3) is 0.375. The van der Waals surface area contributed by atoms with Crippen molar-refractivity contribution in [2.24, 2.45) is 0 Å². The number of hydrogen-bond donors (Lipinski definition) is 3. The van der Waals surface area contributed by atoms with Gasteiger partial charge in [-0.25, -0.2) is 0 Å². The molecule has 3 amide bonds. The minimum absolute atomic E-state index is 0.0564. The van der Waals surface area contributed by atoms with Gasteiger partial charge in [0.15, 0.2) is 0 Å². The molecule has 0 bridgehead atoms. The largest absolute Gasteiger partial charge is 0.446 e.